The zero-order valence-corrected chi connectivity index (χ0v) is 13.8. The van der Waals surface area contributed by atoms with Gasteiger partial charge < -0.3 is 10.1 Å². The molecule has 4 nitrogen and oxygen atoms in total. The number of esters is 1. The lowest BCUT2D eigenvalue weighted by molar-refractivity contribution is 0.0531. The molecular weight excluding hydrogens is 306 g/mol. The normalized spacial score (nSPS) is 10.4. The number of hydrogen-bond donors (Lipinski definition) is 1. The number of carbonyl (C=O) groups is 2. The Bertz CT molecular complexity index is 658. The van der Waals surface area contributed by atoms with E-state index in [1.807, 2.05) is 25.3 Å². The SMILES string of the molecule is CCOC(=O)c1sc(NC(=O)c2sccc2CC)cc1C. The van der Waals surface area contributed by atoms with Crippen molar-refractivity contribution in [1.82, 2.24) is 0 Å². The fraction of sp³-hybridized carbons (Fsp3) is 0.333. The Morgan fingerprint density at radius 3 is 2.71 bits per heavy atom. The minimum Gasteiger partial charge on any atom is -0.462 e. The smallest absolute Gasteiger partial charge is 0.348 e. The van der Waals surface area contributed by atoms with Crippen molar-refractivity contribution in [2.24, 2.45) is 0 Å². The summed E-state index contributed by atoms with van der Waals surface area (Å²) in [5, 5.41) is 5.44. The molecule has 0 saturated heterocycles. The lowest BCUT2D eigenvalue weighted by Gasteiger charge is -2.02. The third-order valence-electron chi connectivity index (χ3n) is 2.95. The van der Waals surface area contributed by atoms with Crippen LogP contribution in [-0.4, -0.2) is 18.5 Å². The van der Waals surface area contributed by atoms with Gasteiger partial charge in [-0.15, -0.1) is 22.7 Å². The largest absolute Gasteiger partial charge is 0.462 e. The van der Waals surface area contributed by atoms with Crippen LogP contribution in [0.2, 0.25) is 0 Å². The van der Waals surface area contributed by atoms with Crippen LogP contribution in [0.5, 0.6) is 0 Å². The molecule has 0 spiro atoms. The predicted molar refractivity (Wildman–Crippen MR) is 86.7 cm³/mol. The van der Waals surface area contributed by atoms with Crippen molar-refractivity contribution >= 4 is 39.6 Å². The van der Waals surface area contributed by atoms with Crippen molar-refractivity contribution in [1.29, 1.82) is 0 Å². The molecule has 0 unspecified atom stereocenters. The van der Waals surface area contributed by atoms with Crippen molar-refractivity contribution in [3.8, 4) is 0 Å². The number of ether oxygens (including phenoxy) is 1. The van der Waals surface area contributed by atoms with E-state index < -0.39 is 0 Å². The number of hydrogen-bond acceptors (Lipinski definition) is 5. The molecule has 1 amide bonds. The molecule has 2 aromatic heterocycles. The molecule has 2 aromatic rings. The van der Waals surface area contributed by atoms with Gasteiger partial charge in [-0.1, -0.05) is 6.92 Å². The first-order chi connectivity index (χ1) is 10.1. The number of amides is 1. The van der Waals surface area contributed by atoms with Crippen molar-refractivity contribution in [2.45, 2.75) is 27.2 Å². The number of carbonyl (C=O) groups excluding carboxylic acids is 2. The maximum atomic E-state index is 12.3. The van der Waals surface area contributed by atoms with Gasteiger partial charge >= 0.3 is 5.97 Å². The minimum atomic E-state index is -0.342. The van der Waals surface area contributed by atoms with E-state index in [1.54, 1.807) is 13.0 Å². The number of rotatable bonds is 5. The Labute approximate surface area is 131 Å². The standard InChI is InChI=1S/C15H17NO3S2/c1-4-10-6-7-20-13(10)14(17)16-11-8-9(3)12(21-11)15(18)19-5-2/h6-8H,4-5H2,1-3H3,(H,16,17). The summed E-state index contributed by atoms with van der Waals surface area (Å²) in [6, 6.07) is 3.76. The molecule has 1 N–H and O–H groups in total. The molecule has 0 fully saturated rings. The van der Waals surface area contributed by atoms with Crippen molar-refractivity contribution in [3.63, 3.8) is 0 Å². The van der Waals surface area contributed by atoms with Crippen LogP contribution in [0.4, 0.5) is 5.00 Å². The Balaban J connectivity index is 2.15. The Morgan fingerprint density at radius 2 is 2.05 bits per heavy atom. The highest BCUT2D eigenvalue weighted by Crippen LogP contribution is 2.28. The molecule has 112 valence electrons. The Morgan fingerprint density at radius 1 is 1.29 bits per heavy atom. The summed E-state index contributed by atoms with van der Waals surface area (Å²) in [6.45, 7) is 5.97. The highest BCUT2D eigenvalue weighted by molar-refractivity contribution is 7.18. The van der Waals surface area contributed by atoms with E-state index in [-0.39, 0.29) is 11.9 Å². The van der Waals surface area contributed by atoms with Gasteiger partial charge in [0.2, 0.25) is 0 Å². The molecule has 0 aliphatic heterocycles. The summed E-state index contributed by atoms with van der Waals surface area (Å²) in [4.78, 5) is 25.3. The molecule has 0 aliphatic rings. The molecule has 0 aromatic carbocycles. The molecule has 6 heteroatoms. The van der Waals surface area contributed by atoms with Crippen molar-refractivity contribution < 1.29 is 14.3 Å². The van der Waals surface area contributed by atoms with E-state index in [9.17, 15) is 9.59 Å². The van der Waals surface area contributed by atoms with E-state index >= 15 is 0 Å². The average Bonchev–Trinajstić information content (AvgIpc) is 3.05. The fourth-order valence-electron chi connectivity index (χ4n) is 1.92. The minimum absolute atomic E-state index is 0.126. The molecule has 2 rings (SSSR count). The van der Waals surface area contributed by atoms with Crippen LogP contribution in [0.15, 0.2) is 17.5 Å². The Kier molecular flexibility index (Phi) is 5.14. The van der Waals surface area contributed by atoms with E-state index in [0.717, 1.165) is 22.4 Å². The second-order valence-corrected chi connectivity index (χ2v) is 6.39. The van der Waals surface area contributed by atoms with Gasteiger partial charge in [-0.25, -0.2) is 4.79 Å². The lowest BCUT2D eigenvalue weighted by atomic mass is 10.2. The first-order valence-electron chi connectivity index (χ1n) is 6.72. The molecule has 0 bridgehead atoms. The van der Waals surface area contributed by atoms with Gasteiger partial charge in [-0.05, 0) is 48.9 Å². The highest BCUT2D eigenvalue weighted by Gasteiger charge is 2.17. The zero-order valence-electron chi connectivity index (χ0n) is 12.2. The molecular formula is C15H17NO3S2. The van der Waals surface area contributed by atoms with E-state index in [2.05, 4.69) is 5.32 Å². The first-order valence-corrected chi connectivity index (χ1v) is 8.41. The third-order valence-corrected chi connectivity index (χ3v) is 5.04. The summed E-state index contributed by atoms with van der Waals surface area (Å²) < 4.78 is 5.00. The van der Waals surface area contributed by atoms with Gasteiger partial charge in [0.1, 0.15) is 4.88 Å². The fourth-order valence-corrected chi connectivity index (χ4v) is 3.78. The topological polar surface area (TPSA) is 55.4 Å². The first kappa shape index (κ1) is 15.7. The predicted octanol–water partition coefficient (Wildman–Crippen LogP) is 4.11. The van der Waals surface area contributed by atoms with Crippen LogP contribution < -0.4 is 5.32 Å². The highest BCUT2D eigenvalue weighted by atomic mass is 32.1. The van der Waals surface area contributed by atoms with E-state index in [1.165, 1.54) is 22.7 Å². The molecule has 0 radical (unpaired) electrons. The van der Waals surface area contributed by atoms with Gasteiger partial charge in [-0.2, -0.15) is 0 Å². The maximum Gasteiger partial charge on any atom is 0.348 e. The Hall–Kier alpha value is -1.66. The second-order valence-electron chi connectivity index (χ2n) is 4.43. The van der Waals surface area contributed by atoms with Crippen LogP contribution in [-0.2, 0) is 11.2 Å². The number of thiophene rings is 2. The summed E-state index contributed by atoms with van der Waals surface area (Å²) in [6.07, 6.45) is 0.823. The molecule has 2 heterocycles. The summed E-state index contributed by atoms with van der Waals surface area (Å²) in [7, 11) is 0. The third kappa shape index (κ3) is 3.51. The average molecular weight is 323 g/mol. The lowest BCUT2D eigenvalue weighted by Crippen LogP contribution is -2.10. The zero-order chi connectivity index (χ0) is 15.4. The van der Waals surface area contributed by atoms with Gasteiger partial charge in [0.25, 0.3) is 5.91 Å². The van der Waals surface area contributed by atoms with Crippen LogP contribution in [0, 0.1) is 6.92 Å². The van der Waals surface area contributed by atoms with Crippen molar-refractivity contribution in [3.05, 3.63) is 38.4 Å². The molecule has 0 aliphatic carbocycles. The van der Waals surface area contributed by atoms with Gasteiger partial charge in [0.15, 0.2) is 0 Å². The quantitative estimate of drug-likeness (QED) is 0.843. The van der Waals surface area contributed by atoms with Gasteiger partial charge in [-0.3, -0.25) is 4.79 Å². The monoisotopic (exact) mass is 323 g/mol. The van der Waals surface area contributed by atoms with Gasteiger partial charge in [0, 0.05) is 0 Å². The number of nitrogens with one attached hydrogen (secondary N) is 1. The van der Waals surface area contributed by atoms with Crippen LogP contribution in [0.25, 0.3) is 0 Å². The van der Waals surface area contributed by atoms with E-state index in [0.29, 0.717) is 16.5 Å². The molecule has 21 heavy (non-hydrogen) atoms. The summed E-state index contributed by atoms with van der Waals surface area (Å²) in [5.74, 6) is -0.468. The van der Waals surface area contributed by atoms with Gasteiger partial charge in [0.05, 0.1) is 16.5 Å². The van der Waals surface area contributed by atoms with Crippen LogP contribution >= 0.6 is 22.7 Å². The van der Waals surface area contributed by atoms with Crippen LogP contribution in [0.3, 0.4) is 0 Å². The summed E-state index contributed by atoms with van der Waals surface area (Å²) in [5.41, 5.74) is 1.85. The van der Waals surface area contributed by atoms with E-state index in [4.69, 9.17) is 4.74 Å². The number of anilines is 1. The molecule has 0 saturated carbocycles. The maximum absolute atomic E-state index is 12.3. The molecule has 0 atom stereocenters. The second kappa shape index (κ2) is 6.87. The number of aryl methyl sites for hydroxylation is 2. The van der Waals surface area contributed by atoms with Crippen LogP contribution in [0.1, 0.15) is 44.3 Å². The summed E-state index contributed by atoms with van der Waals surface area (Å²) >= 11 is 2.67. The van der Waals surface area contributed by atoms with Crippen molar-refractivity contribution in [2.75, 3.05) is 11.9 Å².